The molecule has 3 amide bonds. The molecule has 0 unspecified atom stereocenters. The normalized spacial score (nSPS) is 9.88. The number of rotatable bonds is 1. The van der Waals surface area contributed by atoms with Crippen molar-refractivity contribution in [2.45, 2.75) is 0 Å². The van der Waals surface area contributed by atoms with E-state index in [1.54, 1.807) is 18.2 Å². The Balaban J connectivity index is 2.47. The van der Waals surface area contributed by atoms with Crippen LogP contribution in [0, 0.1) is 0 Å². The van der Waals surface area contributed by atoms with E-state index in [0.29, 0.717) is 0 Å². The summed E-state index contributed by atoms with van der Waals surface area (Å²) in [5, 5.41) is 5.60. The highest BCUT2D eigenvalue weighted by atomic mass is 16.6. The van der Waals surface area contributed by atoms with Crippen molar-refractivity contribution < 1.29 is 23.9 Å². The summed E-state index contributed by atoms with van der Waals surface area (Å²) in [7, 11) is 0. The molecule has 1 rings (SSSR count). The molecule has 0 saturated heterocycles. The highest BCUT2D eigenvalue weighted by Gasteiger charge is 2.07. The first-order chi connectivity index (χ1) is 8.08. The number of carbonyl (C=O) groups excluding carboxylic acids is 3. The number of ether oxygens (including phenoxy) is 2. The number of hydrogen-bond donors (Lipinski definition) is 1. The SMILES string of the molecule is NC(=O)OC(=O)N=NC(=O)Oc1ccccc1. The average Bonchev–Trinajstić information content (AvgIpc) is 2.27. The molecule has 17 heavy (non-hydrogen) atoms. The summed E-state index contributed by atoms with van der Waals surface area (Å²) in [4.78, 5) is 31.7. The van der Waals surface area contributed by atoms with Crippen LogP contribution in [0.1, 0.15) is 0 Å². The fourth-order valence-corrected chi connectivity index (χ4v) is 0.798. The van der Waals surface area contributed by atoms with E-state index in [9.17, 15) is 14.4 Å². The molecule has 1 aromatic carbocycles. The quantitative estimate of drug-likeness (QED) is 0.590. The van der Waals surface area contributed by atoms with Crippen molar-refractivity contribution in [3.63, 3.8) is 0 Å². The van der Waals surface area contributed by atoms with E-state index >= 15 is 0 Å². The van der Waals surface area contributed by atoms with Gasteiger partial charge in [-0.25, -0.2) is 14.4 Å². The van der Waals surface area contributed by atoms with Crippen molar-refractivity contribution in [2.24, 2.45) is 16.0 Å². The Labute approximate surface area is 95.0 Å². The first kappa shape index (κ1) is 12.3. The number of nitrogens with zero attached hydrogens (tertiary/aromatic N) is 2. The molecule has 0 spiro atoms. The monoisotopic (exact) mass is 237 g/mol. The molecule has 0 aliphatic carbocycles. The van der Waals surface area contributed by atoms with Crippen LogP contribution in [0.15, 0.2) is 40.6 Å². The second-order valence-electron chi connectivity index (χ2n) is 2.57. The molecule has 8 nitrogen and oxygen atoms in total. The van der Waals surface area contributed by atoms with Gasteiger partial charge in [-0.3, -0.25) is 0 Å². The molecule has 0 aliphatic rings. The number of nitrogens with two attached hydrogens (primary N) is 1. The molecule has 0 aromatic heterocycles. The van der Waals surface area contributed by atoms with E-state index in [1.807, 2.05) is 0 Å². The molecule has 88 valence electrons. The largest absolute Gasteiger partial charge is 0.461 e. The number of hydrogen-bond acceptors (Lipinski definition) is 5. The fourth-order valence-electron chi connectivity index (χ4n) is 0.798. The molecule has 0 aliphatic heterocycles. The van der Waals surface area contributed by atoms with E-state index in [4.69, 9.17) is 0 Å². The lowest BCUT2D eigenvalue weighted by Gasteiger charge is -1.97. The molecule has 0 radical (unpaired) electrons. The van der Waals surface area contributed by atoms with Crippen LogP contribution in [0.2, 0.25) is 0 Å². The molecule has 0 bridgehead atoms. The summed E-state index contributed by atoms with van der Waals surface area (Å²) < 4.78 is 8.43. The van der Waals surface area contributed by atoms with Gasteiger partial charge in [0.15, 0.2) is 0 Å². The maximum Gasteiger partial charge on any atom is 0.461 e. The van der Waals surface area contributed by atoms with Crippen LogP contribution >= 0.6 is 0 Å². The Morgan fingerprint density at radius 2 is 1.59 bits per heavy atom. The number of carbonyl (C=O) groups is 3. The summed E-state index contributed by atoms with van der Waals surface area (Å²) in [5.74, 6) is 0.236. The number of primary amides is 1. The van der Waals surface area contributed by atoms with Crippen molar-refractivity contribution in [2.75, 3.05) is 0 Å². The van der Waals surface area contributed by atoms with E-state index in [2.05, 4.69) is 25.4 Å². The zero-order chi connectivity index (χ0) is 12.7. The first-order valence-electron chi connectivity index (χ1n) is 4.28. The number of amides is 3. The average molecular weight is 237 g/mol. The molecule has 0 heterocycles. The van der Waals surface area contributed by atoms with Crippen LogP contribution in [0.25, 0.3) is 0 Å². The third-order valence-corrected chi connectivity index (χ3v) is 1.35. The van der Waals surface area contributed by atoms with Gasteiger partial charge in [-0.15, -0.1) is 0 Å². The van der Waals surface area contributed by atoms with Gasteiger partial charge >= 0.3 is 18.3 Å². The minimum absolute atomic E-state index is 0.236. The van der Waals surface area contributed by atoms with Gasteiger partial charge in [-0.2, -0.15) is 0 Å². The van der Waals surface area contributed by atoms with Crippen LogP contribution in [0.3, 0.4) is 0 Å². The molecule has 1 aromatic rings. The lowest BCUT2D eigenvalue weighted by atomic mass is 10.3. The van der Waals surface area contributed by atoms with Gasteiger partial charge in [0.25, 0.3) is 0 Å². The summed E-state index contributed by atoms with van der Waals surface area (Å²) in [5.41, 5.74) is 4.52. The molecular formula is C9H7N3O5. The lowest BCUT2D eigenvalue weighted by Crippen LogP contribution is -2.16. The van der Waals surface area contributed by atoms with Crippen LogP contribution in [-0.4, -0.2) is 18.3 Å². The molecule has 0 atom stereocenters. The molecule has 2 N–H and O–H groups in total. The number of azo groups is 1. The van der Waals surface area contributed by atoms with Gasteiger partial charge < -0.3 is 15.2 Å². The minimum atomic E-state index is -1.40. The lowest BCUT2D eigenvalue weighted by molar-refractivity contribution is 0.162. The Kier molecular flexibility index (Phi) is 4.31. The van der Waals surface area contributed by atoms with Crippen LogP contribution in [-0.2, 0) is 4.74 Å². The Morgan fingerprint density at radius 1 is 1.00 bits per heavy atom. The van der Waals surface area contributed by atoms with E-state index in [0.717, 1.165) is 0 Å². The van der Waals surface area contributed by atoms with E-state index in [1.165, 1.54) is 12.1 Å². The summed E-state index contributed by atoms with van der Waals surface area (Å²) in [6.07, 6.45) is -3.87. The Morgan fingerprint density at radius 3 is 2.18 bits per heavy atom. The smallest absolute Gasteiger partial charge is 0.408 e. The van der Waals surface area contributed by atoms with Gasteiger partial charge in [-0.05, 0) is 12.1 Å². The highest BCUT2D eigenvalue weighted by Crippen LogP contribution is 2.09. The van der Waals surface area contributed by atoms with Crippen molar-refractivity contribution in [3.05, 3.63) is 30.3 Å². The fraction of sp³-hybridized carbons (Fsp3) is 0. The third kappa shape index (κ3) is 5.02. The van der Waals surface area contributed by atoms with Crippen molar-refractivity contribution in [1.82, 2.24) is 0 Å². The topological polar surface area (TPSA) is 120 Å². The van der Waals surface area contributed by atoms with Gasteiger partial charge in [0.2, 0.25) is 0 Å². The molecular weight excluding hydrogens is 230 g/mol. The second kappa shape index (κ2) is 5.95. The third-order valence-electron chi connectivity index (χ3n) is 1.35. The highest BCUT2D eigenvalue weighted by molar-refractivity contribution is 5.83. The van der Waals surface area contributed by atoms with Gasteiger partial charge in [0.1, 0.15) is 5.75 Å². The Bertz CT molecular complexity index is 457. The molecule has 0 fully saturated rings. The Hall–Kier alpha value is -2.77. The van der Waals surface area contributed by atoms with Crippen molar-refractivity contribution in [3.8, 4) is 5.75 Å². The summed E-state index contributed by atoms with van der Waals surface area (Å²) in [6.45, 7) is 0. The zero-order valence-electron chi connectivity index (χ0n) is 8.40. The van der Waals surface area contributed by atoms with Gasteiger partial charge in [-0.1, -0.05) is 28.4 Å². The zero-order valence-corrected chi connectivity index (χ0v) is 8.40. The van der Waals surface area contributed by atoms with Crippen molar-refractivity contribution in [1.29, 1.82) is 0 Å². The molecule has 8 heteroatoms. The van der Waals surface area contributed by atoms with Gasteiger partial charge in [0, 0.05) is 0 Å². The van der Waals surface area contributed by atoms with Crippen LogP contribution in [0.5, 0.6) is 5.75 Å². The predicted octanol–water partition coefficient (Wildman–Crippen LogP) is 1.85. The number of benzene rings is 1. The maximum absolute atomic E-state index is 11.0. The van der Waals surface area contributed by atoms with Crippen LogP contribution < -0.4 is 10.5 Å². The van der Waals surface area contributed by atoms with Gasteiger partial charge in [0.05, 0.1) is 0 Å². The van der Waals surface area contributed by atoms with Crippen LogP contribution in [0.4, 0.5) is 14.4 Å². The standard InChI is InChI=1S/C9H7N3O5/c10-7(13)17-9(15)12-11-8(14)16-6-4-2-1-3-5-6/h1-5H,(H2,10,13). The summed E-state index contributed by atoms with van der Waals surface area (Å²) in [6, 6.07) is 8.02. The van der Waals surface area contributed by atoms with Crippen molar-refractivity contribution >= 4 is 18.3 Å². The van der Waals surface area contributed by atoms with E-state index in [-0.39, 0.29) is 5.75 Å². The first-order valence-corrected chi connectivity index (χ1v) is 4.28. The van der Waals surface area contributed by atoms with E-state index < -0.39 is 18.3 Å². The number of para-hydroxylation sites is 1. The second-order valence-corrected chi connectivity index (χ2v) is 2.57. The maximum atomic E-state index is 11.0. The minimum Gasteiger partial charge on any atom is -0.408 e. The predicted molar refractivity (Wildman–Crippen MR) is 53.4 cm³/mol. The summed E-state index contributed by atoms with van der Waals surface area (Å²) >= 11 is 0. The molecule has 0 saturated carbocycles.